The highest BCUT2D eigenvalue weighted by molar-refractivity contribution is 5.46. The van der Waals surface area contributed by atoms with Crippen LogP contribution in [0.15, 0.2) is 48.5 Å². The molecule has 0 bridgehead atoms. The Hall–Kier alpha value is -2.00. The van der Waals surface area contributed by atoms with Crippen LogP contribution in [0.25, 0.3) is 0 Å². The zero-order valence-corrected chi connectivity index (χ0v) is 11.4. The number of para-hydroxylation sites is 1. The lowest BCUT2D eigenvalue weighted by atomic mass is 10.1. The Labute approximate surface area is 114 Å². The van der Waals surface area contributed by atoms with Gasteiger partial charge in [0.15, 0.2) is 0 Å². The van der Waals surface area contributed by atoms with E-state index < -0.39 is 0 Å². The number of hydrogen-bond acceptors (Lipinski definition) is 3. The number of phenolic OH excluding ortho intramolecular Hbond substituents is 1. The van der Waals surface area contributed by atoms with E-state index in [1.165, 1.54) is 11.3 Å². The summed E-state index contributed by atoms with van der Waals surface area (Å²) in [4.78, 5) is 2.08. The molecule has 0 amide bonds. The SMILES string of the molecule is CN(C)c1ccc(CNCc2ccccc2O)cc1. The van der Waals surface area contributed by atoms with E-state index in [2.05, 4.69) is 34.5 Å². The molecule has 0 radical (unpaired) electrons. The lowest BCUT2D eigenvalue weighted by molar-refractivity contribution is 0.464. The minimum atomic E-state index is 0.345. The smallest absolute Gasteiger partial charge is 0.120 e. The van der Waals surface area contributed by atoms with E-state index in [4.69, 9.17) is 0 Å². The van der Waals surface area contributed by atoms with Gasteiger partial charge in [-0.2, -0.15) is 0 Å². The number of hydrogen-bond donors (Lipinski definition) is 2. The van der Waals surface area contributed by atoms with Gasteiger partial charge in [-0.3, -0.25) is 0 Å². The van der Waals surface area contributed by atoms with Crippen LogP contribution in [0.4, 0.5) is 5.69 Å². The predicted octanol–water partition coefficient (Wildman–Crippen LogP) is 2.75. The lowest BCUT2D eigenvalue weighted by Gasteiger charge is -2.13. The Balaban J connectivity index is 1.87. The summed E-state index contributed by atoms with van der Waals surface area (Å²) in [5.74, 6) is 0.345. The third-order valence-electron chi connectivity index (χ3n) is 3.09. The van der Waals surface area contributed by atoms with Crippen molar-refractivity contribution in [2.24, 2.45) is 0 Å². The van der Waals surface area contributed by atoms with Crippen LogP contribution in [-0.2, 0) is 13.1 Å². The molecular formula is C16H20N2O. The summed E-state index contributed by atoms with van der Waals surface area (Å²) in [6.07, 6.45) is 0. The molecule has 2 rings (SSSR count). The number of benzene rings is 2. The second-order valence-corrected chi connectivity index (χ2v) is 4.79. The normalized spacial score (nSPS) is 10.4. The molecule has 2 aromatic carbocycles. The molecule has 2 N–H and O–H groups in total. The summed E-state index contributed by atoms with van der Waals surface area (Å²) in [5.41, 5.74) is 3.36. The molecule has 0 aliphatic carbocycles. The van der Waals surface area contributed by atoms with Crippen molar-refractivity contribution in [3.63, 3.8) is 0 Å². The van der Waals surface area contributed by atoms with Crippen molar-refractivity contribution in [2.45, 2.75) is 13.1 Å². The van der Waals surface area contributed by atoms with Gasteiger partial charge >= 0.3 is 0 Å². The van der Waals surface area contributed by atoms with Crippen LogP contribution in [0, 0.1) is 0 Å². The van der Waals surface area contributed by atoms with Crippen molar-refractivity contribution in [2.75, 3.05) is 19.0 Å². The molecule has 3 nitrogen and oxygen atoms in total. The second-order valence-electron chi connectivity index (χ2n) is 4.79. The maximum Gasteiger partial charge on any atom is 0.120 e. The molecule has 0 aliphatic rings. The molecule has 2 aromatic rings. The van der Waals surface area contributed by atoms with Gasteiger partial charge in [-0.25, -0.2) is 0 Å². The number of aromatic hydroxyl groups is 1. The summed E-state index contributed by atoms with van der Waals surface area (Å²) in [5, 5.41) is 13.0. The molecule has 0 fully saturated rings. The Morgan fingerprint density at radius 2 is 1.63 bits per heavy atom. The number of phenols is 1. The first-order chi connectivity index (χ1) is 9.16. The molecule has 0 atom stereocenters. The maximum atomic E-state index is 9.66. The average Bonchev–Trinajstić information content (AvgIpc) is 2.41. The van der Waals surface area contributed by atoms with Crippen molar-refractivity contribution in [3.05, 3.63) is 59.7 Å². The summed E-state index contributed by atoms with van der Waals surface area (Å²) < 4.78 is 0. The van der Waals surface area contributed by atoms with Gasteiger partial charge in [0, 0.05) is 38.4 Å². The van der Waals surface area contributed by atoms with Gasteiger partial charge < -0.3 is 15.3 Å². The van der Waals surface area contributed by atoms with Crippen molar-refractivity contribution >= 4 is 5.69 Å². The quantitative estimate of drug-likeness (QED) is 0.863. The van der Waals surface area contributed by atoms with Crippen LogP contribution < -0.4 is 10.2 Å². The molecule has 0 unspecified atom stereocenters. The van der Waals surface area contributed by atoms with Gasteiger partial charge in [-0.15, -0.1) is 0 Å². The van der Waals surface area contributed by atoms with Crippen LogP contribution >= 0.6 is 0 Å². The largest absolute Gasteiger partial charge is 0.508 e. The van der Waals surface area contributed by atoms with Gasteiger partial charge in [0.05, 0.1) is 0 Å². The predicted molar refractivity (Wildman–Crippen MR) is 79.4 cm³/mol. The lowest BCUT2D eigenvalue weighted by Crippen LogP contribution is -2.13. The topological polar surface area (TPSA) is 35.5 Å². The highest BCUT2D eigenvalue weighted by Crippen LogP contribution is 2.15. The molecule has 0 spiro atoms. The van der Waals surface area contributed by atoms with E-state index in [1.54, 1.807) is 6.07 Å². The molecule has 0 heterocycles. The standard InChI is InChI=1S/C16H20N2O/c1-18(2)15-9-7-13(8-10-15)11-17-12-14-5-3-4-6-16(14)19/h3-10,17,19H,11-12H2,1-2H3. The van der Waals surface area contributed by atoms with Gasteiger partial charge in [0.2, 0.25) is 0 Å². The monoisotopic (exact) mass is 256 g/mol. The molecule has 19 heavy (non-hydrogen) atoms. The second kappa shape index (κ2) is 6.25. The molecule has 0 aliphatic heterocycles. The van der Waals surface area contributed by atoms with Gasteiger partial charge in [0.25, 0.3) is 0 Å². The van der Waals surface area contributed by atoms with Gasteiger partial charge in [-0.05, 0) is 23.8 Å². The molecule has 0 aromatic heterocycles. The van der Waals surface area contributed by atoms with Crippen LogP contribution in [0.3, 0.4) is 0 Å². The van der Waals surface area contributed by atoms with Gasteiger partial charge in [0.1, 0.15) is 5.75 Å². The van der Waals surface area contributed by atoms with E-state index in [1.807, 2.05) is 32.3 Å². The van der Waals surface area contributed by atoms with Crippen molar-refractivity contribution in [1.82, 2.24) is 5.32 Å². The Morgan fingerprint density at radius 1 is 0.947 bits per heavy atom. The van der Waals surface area contributed by atoms with Gasteiger partial charge in [-0.1, -0.05) is 30.3 Å². The summed E-state index contributed by atoms with van der Waals surface area (Å²) in [6.45, 7) is 1.46. The van der Waals surface area contributed by atoms with E-state index in [9.17, 15) is 5.11 Å². The van der Waals surface area contributed by atoms with Crippen molar-refractivity contribution in [3.8, 4) is 5.75 Å². The molecule has 0 saturated heterocycles. The highest BCUT2D eigenvalue weighted by atomic mass is 16.3. The van der Waals surface area contributed by atoms with E-state index in [-0.39, 0.29) is 0 Å². The molecular weight excluding hydrogens is 236 g/mol. The molecule has 100 valence electrons. The van der Waals surface area contributed by atoms with Crippen LogP contribution in [0.2, 0.25) is 0 Å². The van der Waals surface area contributed by atoms with Crippen LogP contribution in [0.1, 0.15) is 11.1 Å². The number of nitrogens with one attached hydrogen (secondary N) is 1. The van der Waals surface area contributed by atoms with E-state index in [0.717, 1.165) is 12.1 Å². The zero-order chi connectivity index (χ0) is 13.7. The number of anilines is 1. The van der Waals surface area contributed by atoms with Crippen LogP contribution in [0.5, 0.6) is 5.75 Å². The Morgan fingerprint density at radius 3 is 2.26 bits per heavy atom. The number of rotatable bonds is 5. The first kappa shape index (κ1) is 13.4. The summed E-state index contributed by atoms with van der Waals surface area (Å²) in [6, 6.07) is 15.9. The summed E-state index contributed by atoms with van der Waals surface area (Å²) in [7, 11) is 4.07. The fourth-order valence-corrected chi connectivity index (χ4v) is 1.91. The molecule has 0 saturated carbocycles. The minimum absolute atomic E-state index is 0.345. The highest BCUT2D eigenvalue weighted by Gasteiger charge is 2.00. The summed E-state index contributed by atoms with van der Waals surface area (Å²) >= 11 is 0. The zero-order valence-electron chi connectivity index (χ0n) is 11.4. The van der Waals surface area contributed by atoms with Crippen LogP contribution in [-0.4, -0.2) is 19.2 Å². The van der Waals surface area contributed by atoms with Crippen molar-refractivity contribution in [1.29, 1.82) is 0 Å². The first-order valence-electron chi connectivity index (χ1n) is 6.40. The fraction of sp³-hybridized carbons (Fsp3) is 0.250. The van der Waals surface area contributed by atoms with E-state index in [0.29, 0.717) is 12.3 Å². The molecule has 3 heteroatoms. The maximum absolute atomic E-state index is 9.66. The third-order valence-corrected chi connectivity index (χ3v) is 3.09. The number of nitrogens with zero attached hydrogens (tertiary/aromatic N) is 1. The van der Waals surface area contributed by atoms with Crippen molar-refractivity contribution < 1.29 is 5.11 Å². The minimum Gasteiger partial charge on any atom is -0.508 e. The Bertz CT molecular complexity index is 521. The average molecular weight is 256 g/mol. The first-order valence-corrected chi connectivity index (χ1v) is 6.40. The Kier molecular flexibility index (Phi) is 4.42. The fourth-order valence-electron chi connectivity index (χ4n) is 1.91. The van der Waals surface area contributed by atoms with E-state index >= 15 is 0 Å². The third kappa shape index (κ3) is 3.73.